The third-order valence-electron chi connectivity index (χ3n) is 5.07. The first-order chi connectivity index (χ1) is 14.2. The number of para-hydroxylation sites is 1. The molecule has 0 atom stereocenters. The van der Waals surface area contributed by atoms with Crippen LogP contribution in [0.15, 0.2) is 34.6 Å². The lowest BCUT2D eigenvalue weighted by atomic mass is 10.2. The third-order valence-corrected chi connectivity index (χ3v) is 5.90. The Labute approximate surface area is 176 Å². The van der Waals surface area contributed by atoms with E-state index in [1.165, 1.54) is 6.07 Å². The van der Waals surface area contributed by atoms with E-state index in [2.05, 4.69) is 35.8 Å². The number of halogens is 1. The second-order valence-corrected chi connectivity index (χ2v) is 8.23. The quantitative estimate of drug-likeness (QED) is 0.392. The van der Waals surface area contributed by atoms with Gasteiger partial charge in [-0.05, 0) is 32.0 Å². The summed E-state index contributed by atoms with van der Waals surface area (Å²) in [4.78, 5) is 13.3. The second-order valence-electron chi connectivity index (χ2n) is 7.17. The molecule has 1 aliphatic heterocycles. The maximum absolute atomic E-state index is 13.9. The summed E-state index contributed by atoms with van der Waals surface area (Å²) in [7, 11) is 1.80. The molecule has 0 radical (unpaired) electrons. The van der Waals surface area contributed by atoms with Crippen LogP contribution in [0, 0.1) is 12.7 Å². The van der Waals surface area contributed by atoms with Gasteiger partial charge in [0, 0.05) is 58.1 Å². The second kappa shape index (κ2) is 11.1. The van der Waals surface area contributed by atoms with E-state index in [0.29, 0.717) is 0 Å². The Bertz CT molecular complexity index is 785. The highest BCUT2D eigenvalue weighted by molar-refractivity contribution is 7.09. The summed E-state index contributed by atoms with van der Waals surface area (Å²) >= 11 is 1.69. The van der Waals surface area contributed by atoms with Crippen molar-refractivity contribution in [3.05, 3.63) is 46.2 Å². The molecule has 1 saturated heterocycles. The monoisotopic (exact) mass is 418 g/mol. The van der Waals surface area contributed by atoms with E-state index in [-0.39, 0.29) is 5.82 Å². The largest absolute Gasteiger partial charge is 0.367 e. The Hall–Kier alpha value is -2.19. The molecule has 0 aliphatic carbocycles. The Morgan fingerprint density at radius 1 is 1.17 bits per heavy atom. The van der Waals surface area contributed by atoms with E-state index >= 15 is 0 Å². The maximum Gasteiger partial charge on any atom is 0.190 e. The minimum atomic E-state index is -0.131. The number of piperazine rings is 1. The Kier molecular flexibility index (Phi) is 8.25. The summed E-state index contributed by atoms with van der Waals surface area (Å²) in [6.45, 7) is 8.43. The lowest BCUT2D eigenvalue weighted by Crippen LogP contribution is -2.47. The smallest absolute Gasteiger partial charge is 0.190 e. The molecule has 0 unspecified atom stereocenters. The van der Waals surface area contributed by atoms with E-state index in [1.54, 1.807) is 24.5 Å². The van der Waals surface area contributed by atoms with E-state index in [0.717, 1.165) is 81.0 Å². The van der Waals surface area contributed by atoms with Gasteiger partial charge < -0.3 is 15.5 Å². The fourth-order valence-electron chi connectivity index (χ4n) is 3.48. The minimum Gasteiger partial charge on any atom is -0.367 e. The standard InChI is InChI=1S/C21H31FN6S/c1-17-26-18(16-29-17)8-10-25-21(23-2)24-9-5-11-27-12-14-28(15-13-27)20-7-4-3-6-19(20)22/h3-4,6-7,16H,5,8-15H2,1-2H3,(H2,23,24,25). The number of aromatic nitrogens is 1. The van der Waals surface area contributed by atoms with Gasteiger partial charge in [0.2, 0.25) is 0 Å². The molecule has 8 heteroatoms. The normalized spacial score (nSPS) is 15.6. The van der Waals surface area contributed by atoms with Crippen LogP contribution in [0.25, 0.3) is 0 Å². The fourth-order valence-corrected chi connectivity index (χ4v) is 4.13. The van der Waals surface area contributed by atoms with Crippen LogP contribution in [0.2, 0.25) is 0 Å². The molecule has 1 aliphatic rings. The van der Waals surface area contributed by atoms with Gasteiger partial charge >= 0.3 is 0 Å². The number of nitrogens with one attached hydrogen (secondary N) is 2. The van der Waals surface area contributed by atoms with Gasteiger partial charge in [-0.3, -0.25) is 9.89 Å². The van der Waals surface area contributed by atoms with Crippen LogP contribution in [-0.2, 0) is 6.42 Å². The van der Waals surface area contributed by atoms with Crippen molar-refractivity contribution in [1.82, 2.24) is 20.5 Å². The van der Waals surface area contributed by atoms with Gasteiger partial charge in [-0.2, -0.15) is 0 Å². The summed E-state index contributed by atoms with van der Waals surface area (Å²) in [5.74, 6) is 0.704. The van der Waals surface area contributed by atoms with Gasteiger partial charge in [0.25, 0.3) is 0 Å². The van der Waals surface area contributed by atoms with E-state index in [9.17, 15) is 4.39 Å². The van der Waals surface area contributed by atoms with Crippen LogP contribution in [0.1, 0.15) is 17.1 Å². The molecular weight excluding hydrogens is 387 g/mol. The van der Waals surface area contributed by atoms with Crippen molar-refractivity contribution in [3.63, 3.8) is 0 Å². The van der Waals surface area contributed by atoms with Crippen LogP contribution in [0.4, 0.5) is 10.1 Å². The molecule has 0 saturated carbocycles. The van der Waals surface area contributed by atoms with Crippen LogP contribution >= 0.6 is 11.3 Å². The number of rotatable bonds is 8. The topological polar surface area (TPSA) is 55.8 Å². The van der Waals surface area contributed by atoms with Crippen molar-refractivity contribution >= 4 is 23.0 Å². The van der Waals surface area contributed by atoms with E-state index < -0.39 is 0 Å². The number of aliphatic imine (C=N–C) groups is 1. The van der Waals surface area contributed by atoms with Crippen LogP contribution in [-0.4, -0.2) is 68.7 Å². The molecular formula is C21H31FN6S. The number of hydrogen-bond acceptors (Lipinski definition) is 5. The predicted octanol–water partition coefficient (Wildman–Crippen LogP) is 2.51. The first-order valence-corrected chi connectivity index (χ1v) is 11.1. The number of hydrogen-bond donors (Lipinski definition) is 2. The number of aryl methyl sites for hydroxylation is 1. The summed E-state index contributed by atoms with van der Waals surface area (Å²) in [5.41, 5.74) is 1.85. The molecule has 3 rings (SSSR count). The zero-order chi connectivity index (χ0) is 20.5. The number of guanidine groups is 1. The molecule has 6 nitrogen and oxygen atoms in total. The van der Waals surface area contributed by atoms with Crippen molar-refractivity contribution in [2.24, 2.45) is 4.99 Å². The first-order valence-electron chi connectivity index (χ1n) is 10.2. The van der Waals surface area contributed by atoms with Crippen molar-refractivity contribution < 1.29 is 4.39 Å². The van der Waals surface area contributed by atoms with E-state index in [4.69, 9.17) is 0 Å². The van der Waals surface area contributed by atoms with Gasteiger partial charge in [0.15, 0.2) is 5.96 Å². The van der Waals surface area contributed by atoms with E-state index in [1.807, 2.05) is 19.1 Å². The summed E-state index contributed by atoms with van der Waals surface area (Å²) in [6, 6.07) is 7.04. The number of benzene rings is 1. The molecule has 0 spiro atoms. The zero-order valence-corrected chi connectivity index (χ0v) is 18.1. The lowest BCUT2D eigenvalue weighted by molar-refractivity contribution is 0.254. The van der Waals surface area contributed by atoms with Crippen molar-refractivity contribution in [2.45, 2.75) is 19.8 Å². The Balaban J connectivity index is 1.28. The maximum atomic E-state index is 13.9. The van der Waals surface area contributed by atoms with Gasteiger partial charge in [-0.1, -0.05) is 12.1 Å². The van der Waals surface area contributed by atoms with Gasteiger partial charge in [0.05, 0.1) is 16.4 Å². The Morgan fingerprint density at radius 3 is 2.62 bits per heavy atom. The molecule has 1 aromatic heterocycles. The number of nitrogens with zero attached hydrogens (tertiary/aromatic N) is 4. The fraction of sp³-hybridized carbons (Fsp3) is 0.524. The average molecular weight is 419 g/mol. The number of anilines is 1. The van der Waals surface area contributed by atoms with Crippen molar-refractivity contribution in [2.75, 3.05) is 57.8 Å². The molecule has 2 heterocycles. The molecule has 0 amide bonds. The van der Waals surface area contributed by atoms with Gasteiger partial charge in [-0.15, -0.1) is 11.3 Å². The molecule has 2 aromatic rings. The molecule has 158 valence electrons. The zero-order valence-electron chi connectivity index (χ0n) is 17.3. The van der Waals surface area contributed by atoms with Crippen molar-refractivity contribution in [1.29, 1.82) is 0 Å². The predicted molar refractivity (Wildman–Crippen MR) is 120 cm³/mol. The van der Waals surface area contributed by atoms with Crippen molar-refractivity contribution in [3.8, 4) is 0 Å². The molecule has 0 bridgehead atoms. The van der Waals surface area contributed by atoms with Crippen LogP contribution < -0.4 is 15.5 Å². The third kappa shape index (κ3) is 6.68. The Morgan fingerprint density at radius 2 is 1.93 bits per heavy atom. The highest BCUT2D eigenvalue weighted by Crippen LogP contribution is 2.20. The summed E-state index contributed by atoms with van der Waals surface area (Å²) in [5, 5.41) is 9.94. The molecule has 29 heavy (non-hydrogen) atoms. The highest BCUT2D eigenvalue weighted by Gasteiger charge is 2.18. The average Bonchev–Trinajstić information content (AvgIpc) is 3.15. The number of thiazole rings is 1. The van der Waals surface area contributed by atoms with Crippen LogP contribution in [0.5, 0.6) is 0 Å². The summed E-state index contributed by atoms with van der Waals surface area (Å²) in [6.07, 6.45) is 1.95. The summed E-state index contributed by atoms with van der Waals surface area (Å²) < 4.78 is 13.9. The lowest BCUT2D eigenvalue weighted by Gasteiger charge is -2.36. The van der Waals surface area contributed by atoms with Crippen LogP contribution in [0.3, 0.4) is 0 Å². The molecule has 1 fully saturated rings. The van der Waals surface area contributed by atoms with Gasteiger partial charge in [0.1, 0.15) is 5.82 Å². The highest BCUT2D eigenvalue weighted by atomic mass is 32.1. The molecule has 2 N–H and O–H groups in total. The minimum absolute atomic E-state index is 0.131. The first kappa shape index (κ1) is 21.5. The molecule has 1 aromatic carbocycles. The SMILES string of the molecule is CN=C(NCCCN1CCN(c2ccccc2F)CC1)NCCc1csc(C)n1. The van der Waals surface area contributed by atoms with Gasteiger partial charge in [-0.25, -0.2) is 9.37 Å².